The molecule has 1 aromatic heterocycles. The zero-order valence-corrected chi connectivity index (χ0v) is 20.9. The zero-order valence-electron chi connectivity index (χ0n) is 19.2. The van der Waals surface area contributed by atoms with Crippen LogP contribution in [-0.4, -0.2) is 40.3 Å². The van der Waals surface area contributed by atoms with Crippen LogP contribution in [0.2, 0.25) is 0 Å². The Labute approximate surface area is 202 Å². The Morgan fingerprint density at radius 1 is 1.06 bits per heavy atom. The fraction of sp³-hybridized carbons (Fsp3) is 0.458. The third-order valence-corrected chi connectivity index (χ3v) is 7.32. The number of aliphatic hydroxyl groups excluding tert-OH is 1. The minimum absolute atomic E-state index is 0.0506. The molecule has 186 valence electrons. The SMILES string of the molecule is CCCCCCOc1ccc2sc3cc(CCC(N)(CO)COP(=O)(O)O)ccc3c(=O)c2c1. The van der Waals surface area contributed by atoms with Crippen molar-refractivity contribution in [2.75, 3.05) is 19.8 Å². The molecule has 3 aromatic rings. The van der Waals surface area contributed by atoms with E-state index in [-0.39, 0.29) is 11.8 Å². The van der Waals surface area contributed by atoms with Crippen molar-refractivity contribution in [2.45, 2.75) is 51.0 Å². The second-order valence-corrected chi connectivity index (χ2v) is 10.9. The molecule has 34 heavy (non-hydrogen) atoms. The van der Waals surface area contributed by atoms with Gasteiger partial charge in [-0.25, -0.2) is 4.57 Å². The summed E-state index contributed by atoms with van der Waals surface area (Å²) in [5, 5.41) is 10.8. The van der Waals surface area contributed by atoms with Crippen LogP contribution >= 0.6 is 19.2 Å². The van der Waals surface area contributed by atoms with Gasteiger partial charge in [-0.2, -0.15) is 0 Å². The van der Waals surface area contributed by atoms with Crippen molar-refractivity contribution < 1.29 is 28.7 Å². The van der Waals surface area contributed by atoms with Gasteiger partial charge in [0.1, 0.15) is 5.75 Å². The fourth-order valence-electron chi connectivity index (χ4n) is 3.64. The van der Waals surface area contributed by atoms with Gasteiger partial charge in [0.2, 0.25) is 0 Å². The van der Waals surface area contributed by atoms with E-state index in [4.69, 9.17) is 20.3 Å². The molecule has 0 saturated heterocycles. The third-order valence-electron chi connectivity index (χ3n) is 5.72. The average molecular weight is 510 g/mol. The number of aryl methyl sites for hydroxylation is 1. The van der Waals surface area contributed by atoms with E-state index in [1.165, 1.54) is 24.2 Å². The first-order chi connectivity index (χ1) is 16.1. The van der Waals surface area contributed by atoms with Crippen LogP contribution in [-0.2, 0) is 15.5 Å². The maximum Gasteiger partial charge on any atom is 0.469 e. The lowest BCUT2D eigenvalue weighted by Gasteiger charge is -2.27. The lowest BCUT2D eigenvalue weighted by molar-refractivity contribution is 0.102. The molecular weight excluding hydrogens is 477 g/mol. The third kappa shape index (κ3) is 7.33. The van der Waals surface area contributed by atoms with Gasteiger partial charge in [-0.05, 0) is 55.2 Å². The van der Waals surface area contributed by atoms with Gasteiger partial charge in [0.25, 0.3) is 0 Å². The number of nitrogens with two attached hydrogens (primary N) is 1. The highest BCUT2D eigenvalue weighted by Gasteiger charge is 2.28. The summed E-state index contributed by atoms with van der Waals surface area (Å²) in [5.41, 5.74) is 5.61. The maximum atomic E-state index is 13.1. The van der Waals surface area contributed by atoms with Gasteiger partial charge in [-0.1, -0.05) is 32.3 Å². The minimum Gasteiger partial charge on any atom is -0.494 e. The molecule has 10 heteroatoms. The second kappa shape index (κ2) is 11.7. The molecule has 2 aromatic carbocycles. The van der Waals surface area contributed by atoms with E-state index in [1.807, 2.05) is 30.3 Å². The second-order valence-electron chi connectivity index (χ2n) is 8.61. The molecule has 0 radical (unpaired) electrons. The summed E-state index contributed by atoms with van der Waals surface area (Å²) in [4.78, 5) is 30.9. The van der Waals surface area contributed by atoms with E-state index in [1.54, 1.807) is 6.07 Å². The van der Waals surface area contributed by atoms with Crippen LogP contribution in [0.25, 0.3) is 20.2 Å². The smallest absolute Gasteiger partial charge is 0.469 e. The molecule has 0 spiro atoms. The Morgan fingerprint density at radius 3 is 2.56 bits per heavy atom. The Hall–Kier alpha value is -1.84. The molecule has 0 aliphatic rings. The molecule has 0 fully saturated rings. The Morgan fingerprint density at radius 2 is 1.85 bits per heavy atom. The van der Waals surface area contributed by atoms with Crippen molar-refractivity contribution in [2.24, 2.45) is 5.73 Å². The van der Waals surface area contributed by atoms with Gasteiger partial charge in [-0.15, -0.1) is 11.3 Å². The molecule has 5 N–H and O–H groups in total. The molecule has 1 heterocycles. The normalized spacial score (nSPS) is 13.9. The summed E-state index contributed by atoms with van der Waals surface area (Å²) >= 11 is 1.51. The van der Waals surface area contributed by atoms with Gasteiger partial charge in [0, 0.05) is 20.2 Å². The topological polar surface area (TPSA) is 139 Å². The number of aliphatic hydroxyl groups is 1. The summed E-state index contributed by atoms with van der Waals surface area (Å²) in [7, 11) is -4.68. The number of rotatable bonds is 13. The van der Waals surface area contributed by atoms with Crippen LogP contribution in [0.4, 0.5) is 0 Å². The molecule has 3 rings (SSSR count). The monoisotopic (exact) mass is 509 g/mol. The van der Waals surface area contributed by atoms with E-state index < -0.39 is 26.6 Å². The quantitative estimate of drug-likeness (QED) is 0.153. The summed E-state index contributed by atoms with van der Waals surface area (Å²) in [6, 6.07) is 11.1. The van der Waals surface area contributed by atoms with Crippen molar-refractivity contribution in [3.05, 3.63) is 52.2 Å². The summed E-state index contributed by atoms with van der Waals surface area (Å²) in [5.74, 6) is 0.699. The highest BCUT2D eigenvalue weighted by atomic mass is 32.1. The van der Waals surface area contributed by atoms with Crippen LogP contribution in [0.3, 0.4) is 0 Å². The zero-order chi connectivity index (χ0) is 24.8. The highest BCUT2D eigenvalue weighted by Crippen LogP contribution is 2.37. The Balaban J connectivity index is 1.76. The minimum atomic E-state index is -4.68. The van der Waals surface area contributed by atoms with Crippen molar-refractivity contribution in [1.82, 2.24) is 0 Å². The van der Waals surface area contributed by atoms with E-state index in [0.717, 1.165) is 27.8 Å². The van der Waals surface area contributed by atoms with E-state index in [2.05, 4.69) is 11.4 Å². The Kier molecular flexibility index (Phi) is 9.23. The first kappa shape index (κ1) is 26.8. The number of benzene rings is 2. The van der Waals surface area contributed by atoms with E-state index in [9.17, 15) is 14.5 Å². The van der Waals surface area contributed by atoms with Crippen LogP contribution < -0.4 is 15.9 Å². The lowest BCUT2D eigenvalue weighted by atomic mass is 9.94. The standard InChI is InChI=1S/C24H32NO7PS/c1-2-3-4-5-12-31-18-7-9-21-20(14-18)23(27)19-8-6-17(13-22(19)34-21)10-11-24(25,15-26)16-32-33(28,29)30/h6-9,13-14,26H,2-5,10-12,15-16,25H2,1H3,(H2,28,29,30). The summed E-state index contributed by atoms with van der Waals surface area (Å²) < 4.78 is 23.0. The molecule has 0 aliphatic carbocycles. The van der Waals surface area contributed by atoms with Crippen LogP contribution in [0.15, 0.2) is 41.2 Å². The summed E-state index contributed by atoms with van der Waals surface area (Å²) in [6.45, 7) is 1.85. The van der Waals surface area contributed by atoms with Crippen LogP contribution in [0, 0.1) is 0 Å². The number of ether oxygens (including phenoxy) is 1. The number of phosphoric acid groups is 1. The first-order valence-corrected chi connectivity index (χ1v) is 13.7. The molecule has 0 amide bonds. The molecule has 0 bridgehead atoms. The number of hydrogen-bond donors (Lipinski definition) is 4. The number of unbranched alkanes of at least 4 members (excludes halogenated alkanes) is 3. The predicted octanol–water partition coefficient (Wildman–Crippen LogP) is 4.11. The number of hydrogen-bond acceptors (Lipinski definition) is 7. The summed E-state index contributed by atoms with van der Waals surface area (Å²) in [6.07, 6.45) is 5.18. The highest BCUT2D eigenvalue weighted by molar-refractivity contribution is 7.46. The fourth-order valence-corrected chi connectivity index (χ4v) is 5.19. The van der Waals surface area contributed by atoms with Gasteiger partial charge in [-0.3, -0.25) is 9.32 Å². The predicted molar refractivity (Wildman–Crippen MR) is 136 cm³/mol. The first-order valence-electron chi connectivity index (χ1n) is 11.4. The van der Waals surface area contributed by atoms with Gasteiger partial charge >= 0.3 is 7.82 Å². The van der Waals surface area contributed by atoms with Crippen LogP contribution in [0.1, 0.15) is 44.6 Å². The van der Waals surface area contributed by atoms with Gasteiger partial charge in [0.15, 0.2) is 5.43 Å². The largest absolute Gasteiger partial charge is 0.494 e. The van der Waals surface area contributed by atoms with Gasteiger partial charge in [0.05, 0.1) is 25.4 Å². The van der Waals surface area contributed by atoms with Crippen molar-refractivity contribution in [1.29, 1.82) is 0 Å². The Bertz CT molecular complexity index is 1230. The molecule has 1 atom stereocenters. The van der Waals surface area contributed by atoms with E-state index >= 15 is 0 Å². The molecule has 0 aliphatic heterocycles. The lowest BCUT2D eigenvalue weighted by Crippen LogP contribution is -2.48. The molecular formula is C24H32NO7PS. The molecule has 0 saturated carbocycles. The van der Waals surface area contributed by atoms with Crippen molar-refractivity contribution >= 4 is 39.3 Å². The van der Waals surface area contributed by atoms with Crippen LogP contribution in [0.5, 0.6) is 5.75 Å². The van der Waals surface area contributed by atoms with Gasteiger partial charge < -0.3 is 25.4 Å². The van der Waals surface area contributed by atoms with Crippen molar-refractivity contribution in [3.63, 3.8) is 0 Å². The number of phosphoric ester groups is 1. The average Bonchev–Trinajstić information content (AvgIpc) is 2.81. The van der Waals surface area contributed by atoms with E-state index in [0.29, 0.717) is 29.5 Å². The van der Waals surface area contributed by atoms with Crippen molar-refractivity contribution in [3.8, 4) is 5.75 Å². The molecule has 1 unspecified atom stereocenters. The number of fused-ring (bicyclic) bond motifs is 2. The maximum absolute atomic E-state index is 13.1. The molecule has 8 nitrogen and oxygen atoms in total.